The Morgan fingerprint density at radius 2 is 1.50 bits per heavy atom. The van der Waals surface area contributed by atoms with Gasteiger partial charge in [-0.15, -0.1) is 0 Å². The molecule has 8 heteroatoms. The van der Waals surface area contributed by atoms with Gasteiger partial charge in [0.25, 0.3) is 11.8 Å². The van der Waals surface area contributed by atoms with Crippen LogP contribution in [0, 0.1) is 11.3 Å². The number of nitriles is 1. The lowest BCUT2D eigenvalue weighted by Gasteiger charge is -2.08. The van der Waals surface area contributed by atoms with Crippen LogP contribution in [-0.4, -0.2) is 24.8 Å². The highest BCUT2D eigenvalue weighted by Gasteiger charge is 2.11. The lowest BCUT2D eigenvalue weighted by Crippen LogP contribution is -2.14. The van der Waals surface area contributed by atoms with E-state index in [0.717, 1.165) is 0 Å². The minimum absolute atomic E-state index is 0.107. The number of hydrogen-bond acceptors (Lipinski definition) is 5. The summed E-state index contributed by atoms with van der Waals surface area (Å²) >= 11 is 0. The summed E-state index contributed by atoms with van der Waals surface area (Å²) in [5.41, 5.74) is 2.50. The lowest BCUT2D eigenvalue weighted by atomic mass is 10.1. The molecule has 0 unspecified atom stereocenters. The molecule has 3 aromatic rings. The zero-order valence-corrected chi connectivity index (χ0v) is 18.6. The Morgan fingerprint density at radius 1 is 0.853 bits per heavy atom. The molecule has 34 heavy (non-hydrogen) atoms. The average molecular weight is 454 g/mol. The fourth-order valence-corrected chi connectivity index (χ4v) is 3.01. The van der Waals surface area contributed by atoms with E-state index < -0.39 is 5.91 Å². The average Bonchev–Trinajstić information content (AvgIpc) is 2.83. The Kier molecular flexibility index (Phi) is 7.76. The lowest BCUT2D eigenvalue weighted by molar-refractivity contribution is -0.114. The number of nitrogens with one attached hydrogen (secondary N) is 3. The van der Waals surface area contributed by atoms with Crippen LogP contribution in [-0.2, 0) is 9.59 Å². The molecule has 170 valence electrons. The second-order valence-corrected chi connectivity index (χ2v) is 7.19. The molecule has 0 heterocycles. The fraction of sp³-hybridized carbons (Fsp3) is 0.0769. The molecule has 0 atom stereocenters. The van der Waals surface area contributed by atoms with E-state index in [9.17, 15) is 19.6 Å². The van der Waals surface area contributed by atoms with Crippen LogP contribution < -0.4 is 20.7 Å². The third-order valence-corrected chi connectivity index (χ3v) is 4.64. The summed E-state index contributed by atoms with van der Waals surface area (Å²) in [5.74, 6) is -0.434. The molecule has 3 amide bonds. The van der Waals surface area contributed by atoms with E-state index in [2.05, 4.69) is 16.0 Å². The zero-order valence-electron chi connectivity index (χ0n) is 18.6. The van der Waals surface area contributed by atoms with Gasteiger partial charge in [-0.05, 0) is 72.3 Å². The molecule has 3 rings (SSSR count). The van der Waals surface area contributed by atoms with Crippen molar-refractivity contribution < 1.29 is 19.1 Å². The van der Waals surface area contributed by atoms with E-state index in [1.165, 1.54) is 13.0 Å². The molecule has 0 fully saturated rings. The zero-order chi connectivity index (χ0) is 24.5. The highest BCUT2D eigenvalue weighted by atomic mass is 16.5. The SMILES string of the molecule is COc1ccc(C(=O)Nc2cccc(/C=C(\C#N)C(=O)Nc3ccc(NC(C)=O)cc3)c2)cc1. The van der Waals surface area contributed by atoms with Crippen LogP contribution in [0.1, 0.15) is 22.8 Å². The highest BCUT2D eigenvalue weighted by Crippen LogP contribution is 2.18. The van der Waals surface area contributed by atoms with E-state index in [-0.39, 0.29) is 17.4 Å². The monoisotopic (exact) mass is 454 g/mol. The molecule has 8 nitrogen and oxygen atoms in total. The molecule has 0 aliphatic heterocycles. The minimum atomic E-state index is -0.581. The molecule has 0 aliphatic carbocycles. The number of carbonyl (C=O) groups excluding carboxylic acids is 3. The minimum Gasteiger partial charge on any atom is -0.497 e. The molecule has 3 aromatic carbocycles. The predicted molar refractivity (Wildman–Crippen MR) is 130 cm³/mol. The summed E-state index contributed by atoms with van der Waals surface area (Å²) in [6.07, 6.45) is 1.43. The molecule has 0 saturated heterocycles. The number of nitrogens with zero attached hydrogens (tertiary/aromatic N) is 1. The van der Waals surface area contributed by atoms with Gasteiger partial charge >= 0.3 is 0 Å². The first-order valence-electron chi connectivity index (χ1n) is 10.2. The molecule has 0 radical (unpaired) electrons. The number of hydrogen-bond donors (Lipinski definition) is 3. The predicted octanol–water partition coefficient (Wildman–Crippen LogP) is 4.45. The summed E-state index contributed by atoms with van der Waals surface area (Å²) in [4.78, 5) is 36.2. The first-order chi connectivity index (χ1) is 16.4. The first-order valence-corrected chi connectivity index (χ1v) is 10.2. The van der Waals surface area contributed by atoms with Crippen LogP contribution >= 0.6 is 0 Å². The van der Waals surface area contributed by atoms with Crippen molar-refractivity contribution in [2.75, 3.05) is 23.1 Å². The molecular formula is C26H22N4O4. The van der Waals surface area contributed by atoms with Crippen molar-refractivity contribution in [3.63, 3.8) is 0 Å². The Balaban J connectivity index is 1.70. The second-order valence-electron chi connectivity index (χ2n) is 7.19. The molecule has 3 N–H and O–H groups in total. The van der Waals surface area contributed by atoms with Crippen LogP contribution in [0.3, 0.4) is 0 Å². The number of benzene rings is 3. The van der Waals surface area contributed by atoms with Crippen LogP contribution in [0.15, 0.2) is 78.4 Å². The second kappa shape index (κ2) is 11.1. The number of amides is 3. The van der Waals surface area contributed by atoms with Gasteiger partial charge in [-0.25, -0.2) is 0 Å². The van der Waals surface area contributed by atoms with Gasteiger partial charge in [-0.2, -0.15) is 5.26 Å². The highest BCUT2D eigenvalue weighted by molar-refractivity contribution is 6.10. The Morgan fingerprint density at radius 3 is 2.09 bits per heavy atom. The largest absolute Gasteiger partial charge is 0.497 e. The maximum absolute atomic E-state index is 12.6. The van der Waals surface area contributed by atoms with Crippen molar-refractivity contribution in [1.29, 1.82) is 5.26 Å². The van der Waals surface area contributed by atoms with Gasteiger partial charge in [0.05, 0.1) is 7.11 Å². The van der Waals surface area contributed by atoms with Crippen molar-refractivity contribution in [1.82, 2.24) is 0 Å². The van der Waals surface area contributed by atoms with Crippen LogP contribution in [0.2, 0.25) is 0 Å². The number of carbonyl (C=O) groups is 3. The Bertz CT molecular complexity index is 1270. The van der Waals surface area contributed by atoms with Crippen molar-refractivity contribution in [2.24, 2.45) is 0 Å². The Labute approximate surface area is 196 Å². The fourth-order valence-electron chi connectivity index (χ4n) is 3.01. The first kappa shape index (κ1) is 23.8. The maximum atomic E-state index is 12.6. The Hall–Kier alpha value is -4.90. The van der Waals surface area contributed by atoms with Crippen LogP contribution in [0.4, 0.5) is 17.1 Å². The summed E-state index contributed by atoms with van der Waals surface area (Å²) in [6, 6.07) is 21.9. The third-order valence-electron chi connectivity index (χ3n) is 4.64. The molecular weight excluding hydrogens is 432 g/mol. The van der Waals surface area contributed by atoms with E-state index in [1.54, 1.807) is 79.9 Å². The van der Waals surface area contributed by atoms with Crippen LogP contribution in [0.5, 0.6) is 5.75 Å². The number of ether oxygens (including phenoxy) is 1. The quantitative estimate of drug-likeness (QED) is 0.360. The molecule has 0 aromatic heterocycles. The van der Waals surface area contributed by atoms with E-state index in [1.807, 2.05) is 6.07 Å². The molecule has 0 aliphatic rings. The summed E-state index contributed by atoms with van der Waals surface area (Å²) in [6.45, 7) is 1.40. The van der Waals surface area contributed by atoms with Crippen molar-refractivity contribution in [3.8, 4) is 11.8 Å². The van der Waals surface area contributed by atoms with Crippen LogP contribution in [0.25, 0.3) is 6.08 Å². The third kappa shape index (κ3) is 6.55. The standard InChI is InChI=1S/C26H22N4O4/c1-17(31)28-21-8-10-22(11-9-21)29-26(33)20(16-27)14-18-4-3-5-23(15-18)30-25(32)19-6-12-24(34-2)13-7-19/h3-15H,1-2H3,(H,28,31)(H,29,33)(H,30,32)/b20-14+. The van der Waals surface area contributed by atoms with E-state index in [4.69, 9.17) is 4.74 Å². The van der Waals surface area contributed by atoms with Gasteiger partial charge in [-0.3, -0.25) is 14.4 Å². The van der Waals surface area contributed by atoms with Gasteiger partial charge in [0.15, 0.2) is 0 Å². The molecule has 0 saturated carbocycles. The van der Waals surface area contributed by atoms with E-state index >= 15 is 0 Å². The summed E-state index contributed by atoms with van der Waals surface area (Å²) in [5, 5.41) is 17.6. The van der Waals surface area contributed by atoms with E-state index in [0.29, 0.717) is 33.9 Å². The number of rotatable bonds is 7. The van der Waals surface area contributed by atoms with Gasteiger partial charge in [0, 0.05) is 29.5 Å². The topological polar surface area (TPSA) is 120 Å². The van der Waals surface area contributed by atoms with Crippen molar-refractivity contribution in [2.45, 2.75) is 6.92 Å². The van der Waals surface area contributed by atoms with Gasteiger partial charge < -0.3 is 20.7 Å². The normalized spacial score (nSPS) is 10.6. The van der Waals surface area contributed by atoms with Gasteiger partial charge in [0.1, 0.15) is 17.4 Å². The molecule has 0 spiro atoms. The molecule has 0 bridgehead atoms. The van der Waals surface area contributed by atoms with Gasteiger partial charge in [0.2, 0.25) is 5.91 Å². The van der Waals surface area contributed by atoms with Crippen molar-refractivity contribution >= 4 is 40.9 Å². The number of anilines is 3. The maximum Gasteiger partial charge on any atom is 0.266 e. The number of methoxy groups -OCH3 is 1. The summed E-state index contributed by atoms with van der Waals surface area (Å²) < 4.78 is 5.09. The summed E-state index contributed by atoms with van der Waals surface area (Å²) in [7, 11) is 1.55. The van der Waals surface area contributed by atoms with Gasteiger partial charge in [-0.1, -0.05) is 12.1 Å². The smallest absolute Gasteiger partial charge is 0.266 e. The van der Waals surface area contributed by atoms with Crippen molar-refractivity contribution in [3.05, 3.63) is 89.5 Å².